The molecule has 0 N–H and O–H groups in total. The molecule has 1 unspecified atom stereocenters. The van der Waals surface area contributed by atoms with E-state index in [4.69, 9.17) is 0 Å². The Kier molecular flexibility index (Phi) is 4.65. The second-order valence-electron chi connectivity index (χ2n) is 5.34. The zero-order chi connectivity index (χ0) is 15.4. The normalized spacial score (nSPS) is 17.3. The summed E-state index contributed by atoms with van der Waals surface area (Å²) < 4.78 is 0. The number of aldehydes is 1. The maximum atomic E-state index is 11.7. The van der Waals surface area contributed by atoms with Gasteiger partial charge in [0.15, 0.2) is 0 Å². The van der Waals surface area contributed by atoms with Crippen molar-refractivity contribution in [2.75, 3.05) is 0 Å². The van der Waals surface area contributed by atoms with Gasteiger partial charge in [-0.2, -0.15) is 0 Å². The predicted octanol–water partition coefficient (Wildman–Crippen LogP) is 4.17. The molecule has 110 valence electrons. The molecule has 0 spiro atoms. The highest BCUT2D eigenvalue weighted by Crippen LogP contribution is 2.49. The summed E-state index contributed by atoms with van der Waals surface area (Å²) in [5.41, 5.74) is 0.960. The largest absolute Gasteiger partial charge is 0.298 e. The molecule has 1 nitrogen and oxygen atoms in total. The molecule has 22 heavy (non-hydrogen) atoms. The van der Waals surface area contributed by atoms with Crippen LogP contribution in [0.15, 0.2) is 83.7 Å². The molecule has 0 fully saturated rings. The number of rotatable bonds is 5. The van der Waals surface area contributed by atoms with Crippen molar-refractivity contribution in [1.82, 2.24) is 0 Å². The van der Waals surface area contributed by atoms with E-state index in [0.29, 0.717) is 0 Å². The number of benzene rings is 2. The van der Waals surface area contributed by atoms with Crippen LogP contribution in [0, 0.1) is 5.92 Å². The third-order valence-corrected chi connectivity index (χ3v) is 6.54. The van der Waals surface area contributed by atoms with E-state index < -0.39 is 7.92 Å². The van der Waals surface area contributed by atoms with Crippen molar-refractivity contribution in [2.24, 2.45) is 5.92 Å². The molecule has 1 aliphatic carbocycles. The topological polar surface area (TPSA) is 17.1 Å². The van der Waals surface area contributed by atoms with Gasteiger partial charge in [0.05, 0.1) is 0 Å². The maximum absolute atomic E-state index is 11.7. The highest BCUT2D eigenvalue weighted by Gasteiger charge is 2.26. The average Bonchev–Trinajstić information content (AvgIpc) is 3.00. The van der Waals surface area contributed by atoms with Gasteiger partial charge in [-0.15, -0.1) is 0 Å². The molecule has 0 heterocycles. The number of carbonyl (C=O) groups is 1. The molecule has 0 saturated heterocycles. The van der Waals surface area contributed by atoms with Crippen LogP contribution in [0.4, 0.5) is 0 Å². The summed E-state index contributed by atoms with van der Waals surface area (Å²) in [6, 6.07) is 21.0. The van der Waals surface area contributed by atoms with E-state index in [1.54, 1.807) is 0 Å². The van der Waals surface area contributed by atoms with Crippen LogP contribution in [0.2, 0.25) is 0 Å². The van der Waals surface area contributed by atoms with Crippen molar-refractivity contribution in [3.8, 4) is 0 Å². The fourth-order valence-corrected chi connectivity index (χ4v) is 5.39. The summed E-state index contributed by atoms with van der Waals surface area (Å²) >= 11 is 0. The lowest BCUT2D eigenvalue weighted by molar-refractivity contribution is -0.105. The first-order valence-electron chi connectivity index (χ1n) is 7.63. The molecule has 1 atom stereocenters. The lowest BCUT2D eigenvalue weighted by Gasteiger charge is -2.21. The molecular formula is C20H19OP. The van der Waals surface area contributed by atoms with E-state index in [2.05, 4.69) is 67.6 Å². The van der Waals surface area contributed by atoms with Gasteiger partial charge in [0.1, 0.15) is 6.29 Å². The second-order valence-corrected chi connectivity index (χ2v) is 7.52. The minimum Gasteiger partial charge on any atom is -0.298 e. The van der Waals surface area contributed by atoms with Crippen molar-refractivity contribution in [2.45, 2.75) is 13.3 Å². The SMILES string of the molecule is CCC1C=CC(P(c2ccccc2)c2ccccc2)=C1C=O. The number of hydrogen-bond donors (Lipinski definition) is 0. The van der Waals surface area contributed by atoms with Crippen LogP contribution < -0.4 is 10.6 Å². The Hall–Kier alpha value is -1.98. The van der Waals surface area contributed by atoms with Gasteiger partial charge in [-0.25, -0.2) is 0 Å². The highest BCUT2D eigenvalue weighted by molar-refractivity contribution is 7.77. The molecule has 2 aromatic rings. The third kappa shape index (κ3) is 2.82. The van der Waals surface area contributed by atoms with Gasteiger partial charge in [0.25, 0.3) is 0 Å². The highest BCUT2D eigenvalue weighted by atomic mass is 31.1. The summed E-state index contributed by atoms with van der Waals surface area (Å²) in [6.07, 6.45) is 6.38. The van der Waals surface area contributed by atoms with Gasteiger partial charge in [0, 0.05) is 11.5 Å². The summed E-state index contributed by atoms with van der Waals surface area (Å²) in [4.78, 5) is 11.7. The Labute approximate surface area is 133 Å². The van der Waals surface area contributed by atoms with E-state index in [1.807, 2.05) is 12.1 Å². The summed E-state index contributed by atoms with van der Waals surface area (Å²) in [5.74, 6) is 0.268. The quantitative estimate of drug-likeness (QED) is 0.598. The standard InChI is InChI=1S/C20H19OP/c1-2-16-13-14-20(19(16)15-21)22(17-9-5-3-6-10-17)18-11-7-4-8-12-18/h3-16H,2H2,1H3. The van der Waals surface area contributed by atoms with E-state index >= 15 is 0 Å². The van der Waals surface area contributed by atoms with E-state index in [1.165, 1.54) is 15.9 Å². The molecule has 2 heteroatoms. The molecule has 0 aromatic heterocycles. The minimum atomic E-state index is -0.668. The lowest BCUT2D eigenvalue weighted by Crippen LogP contribution is -2.13. The van der Waals surface area contributed by atoms with Gasteiger partial charge in [-0.05, 0) is 30.3 Å². The maximum Gasteiger partial charge on any atom is 0.147 e. The molecule has 0 saturated carbocycles. The molecule has 0 bridgehead atoms. The fraction of sp³-hybridized carbons (Fsp3) is 0.150. The van der Waals surface area contributed by atoms with Crippen LogP contribution in [-0.2, 0) is 4.79 Å². The Balaban J connectivity index is 2.15. The molecule has 2 aromatic carbocycles. The summed E-state index contributed by atoms with van der Waals surface area (Å²) in [7, 11) is -0.668. The Morgan fingerprint density at radius 1 is 0.955 bits per heavy atom. The zero-order valence-electron chi connectivity index (χ0n) is 12.6. The Bertz CT molecular complexity index is 662. The molecule has 0 radical (unpaired) electrons. The van der Waals surface area contributed by atoms with Gasteiger partial charge >= 0.3 is 0 Å². The van der Waals surface area contributed by atoms with Crippen LogP contribution in [0.5, 0.6) is 0 Å². The monoisotopic (exact) mass is 306 g/mol. The Morgan fingerprint density at radius 3 is 1.95 bits per heavy atom. The van der Waals surface area contributed by atoms with Crippen molar-refractivity contribution < 1.29 is 4.79 Å². The summed E-state index contributed by atoms with van der Waals surface area (Å²) in [5, 5.41) is 3.79. The van der Waals surface area contributed by atoms with Gasteiger partial charge in [-0.1, -0.05) is 79.7 Å². The van der Waals surface area contributed by atoms with Crippen LogP contribution >= 0.6 is 7.92 Å². The fourth-order valence-electron chi connectivity index (χ4n) is 2.89. The van der Waals surface area contributed by atoms with Crippen molar-refractivity contribution in [3.63, 3.8) is 0 Å². The number of allylic oxidation sites excluding steroid dienone is 4. The molecule has 1 aliphatic rings. The summed E-state index contributed by atoms with van der Waals surface area (Å²) in [6.45, 7) is 2.13. The van der Waals surface area contributed by atoms with Crippen LogP contribution in [0.1, 0.15) is 13.3 Å². The van der Waals surface area contributed by atoms with Gasteiger partial charge in [-0.3, -0.25) is 4.79 Å². The van der Waals surface area contributed by atoms with Crippen LogP contribution in [0.25, 0.3) is 0 Å². The number of hydrogen-bond acceptors (Lipinski definition) is 1. The van der Waals surface area contributed by atoms with Crippen molar-refractivity contribution >= 4 is 24.8 Å². The first kappa shape index (κ1) is 14.9. The van der Waals surface area contributed by atoms with Crippen molar-refractivity contribution in [1.29, 1.82) is 0 Å². The van der Waals surface area contributed by atoms with Gasteiger partial charge in [0.2, 0.25) is 0 Å². The molecule has 0 amide bonds. The van der Waals surface area contributed by atoms with E-state index in [0.717, 1.165) is 18.3 Å². The molecule has 3 rings (SSSR count). The first-order valence-corrected chi connectivity index (χ1v) is 8.97. The second kappa shape index (κ2) is 6.85. The predicted molar refractivity (Wildman–Crippen MR) is 95.1 cm³/mol. The first-order chi connectivity index (χ1) is 10.8. The van der Waals surface area contributed by atoms with Gasteiger partial charge < -0.3 is 0 Å². The molecular weight excluding hydrogens is 287 g/mol. The average molecular weight is 306 g/mol. The van der Waals surface area contributed by atoms with E-state index in [-0.39, 0.29) is 5.92 Å². The molecule has 0 aliphatic heterocycles. The zero-order valence-corrected chi connectivity index (χ0v) is 13.5. The van der Waals surface area contributed by atoms with Crippen LogP contribution in [0.3, 0.4) is 0 Å². The minimum absolute atomic E-state index is 0.268. The van der Waals surface area contributed by atoms with E-state index in [9.17, 15) is 4.79 Å². The third-order valence-electron chi connectivity index (χ3n) is 4.02. The lowest BCUT2D eigenvalue weighted by atomic mass is 10.0. The number of carbonyl (C=O) groups excluding carboxylic acids is 1. The smallest absolute Gasteiger partial charge is 0.147 e. The van der Waals surface area contributed by atoms with Crippen molar-refractivity contribution in [3.05, 3.63) is 83.7 Å². The van der Waals surface area contributed by atoms with Crippen LogP contribution in [-0.4, -0.2) is 6.29 Å². The Morgan fingerprint density at radius 2 is 1.50 bits per heavy atom.